The molecule has 1 saturated carbocycles. The zero-order valence-corrected chi connectivity index (χ0v) is 8.06. The van der Waals surface area contributed by atoms with Gasteiger partial charge in [-0.2, -0.15) is 0 Å². The van der Waals surface area contributed by atoms with Crippen LogP contribution in [0, 0.1) is 0 Å². The predicted octanol–water partition coefficient (Wildman–Crippen LogP) is 2.61. The van der Waals surface area contributed by atoms with Gasteiger partial charge in [0.25, 0.3) is 0 Å². The molecular formula is C10H20FN. The first-order valence-electron chi connectivity index (χ1n) is 5.11. The highest BCUT2D eigenvalue weighted by atomic mass is 19.1. The van der Waals surface area contributed by atoms with E-state index < -0.39 is 0 Å². The highest BCUT2D eigenvalue weighted by Crippen LogP contribution is 2.20. The third-order valence-electron chi connectivity index (χ3n) is 2.89. The second-order valence-electron chi connectivity index (χ2n) is 3.81. The van der Waals surface area contributed by atoms with Crippen molar-refractivity contribution in [3.8, 4) is 0 Å². The Balaban J connectivity index is 2.27. The summed E-state index contributed by atoms with van der Waals surface area (Å²) in [6.45, 7) is 0.414. The van der Waals surface area contributed by atoms with E-state index in [-0.39, 0.29) is 6.67 Å². The van der Waals surface area contributed by atoms with Gasteiger partial charge in [0.15, 0.2) is 0 Å². The van der Waals surface area contributed by atoms with E-state index in [4.69, 9.17) is 0 Å². The van der Waals surface area contributed by atoms with Gasteiger partial charge in [0.1, 0.15) is 6.67 Å². The molecule has 0 aromatic heterocycles. The van der Waals surface area contributed by atoms with Gasteiger partial charge in [0, 0.05) is 12.6 Å². The summed E-state index contributed by atoms with van der Waals surface area (Å²) in [7, 11) is 2.05. The lowest BCUT2D eigenvalue weighted by molar-refractivity contribution is 0.204. The molecule has 0 heterocycles. The Morgan fingerprint density at radius 2 is 1.75 bits per heavy atom. The van der Waals surface area contributed by atoms with Gasteiger partial charge in [0.05, 0.1) is 0 Å². The Morgan fingerprint density at radius 1 is 1.17 bits per heavy atom. The summed E-state index contributed by atoms with van der Waals surface area (Å²) in [5.74, 6) is 0. The summed E-state index contributed by atoms with van der Waals surface area (Å²) in [6, 6.07) is 0.656. The standard InChI is InChI=1S/C10H20FN/c1-12(9-8-11)10-6-4-2-3-5-7-10/h10H,2-9H2,1H3. The maximum absolute atomic E-state index is 12.1. The molecule has 0 spiro atoms. The quantitative estimate of drug-likeness (QED) is 0.593. The molecule has 0 aliphatic heterocycles. The molecule has 0 aromatic rings. The van der Waals surface area contributed by atoms with E-state index >= 15 is 0 Å². The van der Waals surface area contributed by atoms with E-state index in [2.05, 4.69) is 11.9 Å². The van der Waals surface area contributed by atoms with Crippen LogP contribution in [0.1, 0.15) is 38.5 Å². The smallest absolute Gasteiger partial charge is 0.102 e. The van der Waals surface area contributed by atoms with Gasteiger partial charge in [-0.1, -0.05) is 25.7 Å². The lowest BCUT2D eigenvalue weighted by Gasteiger charge is -2.25. The van der Waals surface area contributed by atoms with Crippen LogP contribution in [0.25, 0.3) is 0 Å². The average molecular weight is 173 g/mol. The summed E-state index contributed by atoms with van der Waals surface area (Å²) in [5, 5.41) is 0. The average Bonchev–Trinajstić information content (AvgIpc) is 2.32. The first-order chi connectivity index (χ1) is 5.84. The largest absolute Gasteiger partial charge is 0.301 e. The molecule has 72 valence electrons. The molecule has 0 saturated heterocycles. The molecule has 0 atom stereocenters. The molecule has 0 bridgehead atoms. The molecule has 1 nitrogen and oxygen atoms in total. The Labute approximate surface area is 74.9 Å². The number of rotatable bonds is 3. The lowest BCUT2D eigenvalue weighted by atomic mass is 10.1. The van der Waals surface area contributed by atoms with Crippen LogP contribution in [-0.2, 0) is 0 Å². The molecule has 0 unspecified atom stereocenters. The van der Waals surface area contributed by atoms with Gasteiger partial charge < -0.3 is 4.90 Å². The fourth-order valence-corrected chi connectivity index (χ4v) is 2.01. The highest BCUT2D eigenvalue weighted by Gasteiger charge is 2.15. The van der Waals surface area contributed by atoms with E-state index in [1.807, 2.05) is 0 Å². The van der Waals surface area contributed by atoms with Crippen molar-refractivity contribution < 1.29 is 4.39 Å². The molecule has 1 aliphatic carbocycles. The van der Waals surface area contributed by atoms with Crippen molar-refractivity contribution in [2.75, 3.05) is 20.3 Å². The van der Waals surface area contributed by atoms with Gasteiger partial charge in [-0.3, -0.25) is 0 Å². The van der Waals surface area contributed by atoms with E-state index in [1.165, 1.54) is 38.5 Å². The normalized spacial score (nSPS) is 21.2. The number of halogens is 1. The van der Waals surface area contributed by atoms with Crippen molar-refractivity contribution in [1.82, 2.24) is 4.90 Å². The summed E-state index contributed by atoms with van der Waals surface area (Å²) in [4.78, 5) is 2.19. The summed E-state index contributed by atoms with van der Waals surface area (Å²) < 4.78 is 12.1. The van der Waals surface area contributed by atoms with Crippen LogP contribution in [-0.4, -0.2) is 31.2 Å². The van der Waals surface area contributed by atoms with Crippen LogP contribution in [0.15, 0.2) is 0 Å². The molecule has 2 heteroatoms. The second-order valence-corrected chi connectivity index (χ2v) is 3.81. The number of alkyl halides is 1. The topological polar surface area (TPSA) is 3.24 Å². The lowest BCUT2D eigenvalue weighted by Crippen LogP contribution is -2.32. The molecule has 0 radical (unpaired) electrons. The third kappa shape index (κ3) is 3.10. The van der Waals surface area contributed by atoms with Gasteiger partial charge in [-0.25, -0.2) is 4.39 Å². The number of hydrogen-bond acceptors (Lipinski definition) is 1. The zero-order valence-electron chi connectivity index (χ0n) is 8.06. The highest BCUT2D eigenvalue weighted by molar-refractivity contribution is 4.71. The van der Waals surface area contributed by atoms with Crippen LogP contribution in [0.3, 0.4) is 0 Å². The monoisotopic (exact) mass is 173 g/mol. The molecule has 12 heavy (non-hydrogen) atoms. The first-order valence-corrected chi connectivity index (χ1v) is 5.11. The minimum Gasteiger partial charge on any atom is -0.301 e. The van der Waals surface area contributed by atoms with E-state index in [0.29, 0.717) is 12.6 Å². The van der Waals surface area contributed by atoms with Crippen LogP contribution in [0.4, 0.5) is 4.39 Å². The SMILES string of the molecule is CN(CCF)C1CCCCCC1. The summed E-state index contributed by atoms with van der Waals surface area (Å²) in [6.07, 6.45) is 7.97. The fourth-order valence-electron chi connectivity index (χ4n) is 2.01. The van der Waals surface area contributed by atoms with Gasteiger partial charge in [0.2, 0.25) is 0 Å². The fraction of sp³-hybridized carbons (Fsp3) is 1.00. The number of hydrogen-bond donors (Lipinski definition) is 0. The Morgan fingerprint density at radius 3 is 2.25 bits per heavy atom. The van der Waals surface area contributed by atoms with E-state index in [0.717, 1.165) is 0 Å². The molecule has 0 aromatic carbocycles. The molecule has 0 N–H and O–H groups in total. The Hall–Kier alpha value is -0.110. The predicted molar refractivity (Wildman–Crippen MR) is 50.1 cm³/mol. The molecule has 0 amide bonds. The van der Waals surface area contributed by atoms with Crippen LogP contribution < -0.4 is 0 Å². The maximum Gasteiger partial charge on any atom is 0.102 e. The second kappa shape index (κ2) is 5.52. The first kappa shape index (κ1) is 9.97. The van der Waals surface area contributed by atoms with Gasteiger partial charge >= 0.3 is 0 Å². The third-order valence-corrected chi connectivity index (χ3v) is 2.89. The van der Waals surface area contributed by atoms with Gasteiger partial charge in [-0.15, -0.1) is 0 Å². The van der Waals surface area contributed by atoms with E-state index in [1.54, 1.807) is 0 Å². The minimum absolute atomic E-state index is 0.201. The van der Waals surface area contributed by atoms with Crippen LogP contribution in [0.5, 0.6) is 0 Å². The van der Waals surface area contributed by atoms with E-state index in [9.17, 15) is 4.39 Å². The Kier molecular flexibility index (Phi) is 4.59. The summed E-state index contributed by atoms with van der Waals surface area (Å²) in [5.41, 5.74) is 0. The van der Waals surface area contributed by atoms with Crippen molar-refractivity contribution in [1.29, 1.82) is 0 Å². The van der Waals surface area contributed by atoms with Crippen molar-refractivity contribution in [3.63, 3.8) is 0 Å². The van der Waals surface area contributed by atoms with Crippen molar-refractivity contribution in [2.24, 2.45) is 0 Å². The van der Waals surface area contributed by atoms with Gasteiger partial charge in [-0.05, 0) is 19.9 Å². The Bertz CT molecular complexity index is 108. The number of nitrogens with zero attached hydrogens (tertiary/aromatic N) is 1. The molecule has 1 aliphatic rings. The van der Waals surface area contributed by atoms with Crippen LogP contribution in [0.2, 0.25) is 0 Å². The van der Waals surface area contributed by atoms with Crippen LogP contribution >= 0.6 is 0 Å². The molecule has 1 rings (SSSR count). The van der Waals surface area contributed by atoms with Crippen molar-refractivity contribution >= 4 is 0 Å². The zero-order chi connectivity index (χ0) is 8.81. The molecule has 1 fully saturated rings. The maximum atomic E-state index is 12.1. The van der Waals surface area contributed by atoms with Crippen molar-refractivity contribution in [2.45, 2.75) is 44.6 Å². The molecular weight excluding hydrogens is 153 g/mol. The minimum atomic E-state index is -0.201. The summed E-state index contributed by atoms with van der Waals surface area (Å²) >= 11 is 0. The van der Waals surface area contributed by atoms with Crippen molar-refractivity contribution in [3.05, 3.63) is 0 Å².